The fraction of sp³-hybridized carbons (Fsp3) is 0.333. The standard InChI is InChI=1S/C21H22N2OS2/c24-20(22-16-11-5-2-6-12-16)19(15-9-3-1-4-10-15)26-21-23-17-13-7-8-14-18(17)25-21/h1,3-4,7-10,13-14,16,19H,2,5-6,11-12H2,(H,22,24). The average molecular weight is 383 g/mol. The second-order valence-corrected chi connectivity index (χ2v) is 9.08. The summed E-state index contributed by atoms with van der Waals surface area (Å²) in [4.78, 5) is 17.8. The van der Waals surface area contributed by atoms with E-state index in [-0.39, 0.29) is 11.2 Å². The highest BCUT2D eigenvalue weighted by Gasteiger charge is 2.26. The van der Waals surface area contributed by atoms with E-state index in [9.17, 15) is 4.79 Å². The molecule has 134 valence electrons. The maximum Gasteiger partial charge on any atom is 0.238 e. The van der Waals surface area contributed by atoms with E-state index in [1.165, 1.54) is 19.3 Å². The van der Waals surface area contributed by atoms with Crippen LogP contribution in [0.4, 0.5) is 0 Å². The highest BCUT2D eigenvalue weighted by atomic mass is 32.2. The van der Waals surface area contributed by atoms with Gasteiger partial charge >= 0.3 is 0 Å². The minimum Gasteiger partial charge on any atom is -0.352 e. The smallest absolute Gasteiger partial charge is 0.238 e. The molecule has 4 rings (SSSR count). The van der Waals surface area contributed by atoms with Gasteiger partial charge in [0, 0.05) is 6.04 Å². The largest absolute Gasteiger partial charge is 0.352 e. The molecule has 1 aliphatic carbocycles. The number of nitrogens with zero attached hydrogens (tertiary/aromatic N) is 1. The minimum atomic E-state index is -0.265. The van der Waals surface area contributed by atoms with E-state index < -0.39 is 0 Å². The van der Waals surface area contributed by atoms with Gasteiger partial charge in [0.2, 0.25) is 5.91 Å². The number of hydrogen-bond acceptors (Lipinski definition) is 4. The lowest BCUT2D eigenvalue weighted by Crippen LogP contribution is -2.38. The molecule has 1 N–H and O–H groups in total. The van der Waals surface area contributed by atoms with Crippen molar-refractivity contribution in [2.75, 3.05) is 0 Å². The van der Waals surface area contributed by atoms with Crippen molar-refractivity contribution in [3.63, 3.8) is 0 Å². The van der Waals surface area contributed by atoms with Crippen molar-refractivity contribution in [1.29, 1.82) is 0 Å². The molecule has 1 heterocycles. The summed E-state index contributed by atoms with van der Waals surface area (Å²) in [5.41, 5.74) is 2.03. The van der Waals surface area contributed by atoms with Gasteiger partial charge in [-0.15, -0.1) is 11.3 Å². The Hall–Kier alpha value is -1.85. The number of aromatic nitrogens is 1. The zero-order chi connectivity index (χ0) is 17.8. The van der Waals surface area contributed by atoms with Crippen LogP contribution in [0, 0.1) is 0 Å². The van der Waals surface area contributed by atoms with Crippen LogP contribution in [0.15, 0.2) is 58.9 Å². The summed E-state index contributed by atoms with van der Waals surface area (Å²) in [6.07, 6.45) is 5.91. The first-order valence-electron chi connectivity index (χ1n) is 9.17. The molecule has 1 unspecified atom stereocenters. The topological polar surface area (TPSA) is 42.0 Å². The highest BCUT2D eigenvalue weighted by Crippen LogP contribution is 2.39. The van der Waals surface area contributed by atoms with Gasteiger partial charge in [-0.05, 0) is 30.5 Å². The third-order valence-electron chi connectivity index (χ3n) is 4.78. The van der Waals surface area contributed by atoms with Gasteiger partial charge in [0.05, 0.1) is 10.2 Å². The summed E-state index contributed by atoms with van der Waals surface area (Å²) in [6, 6.07) is 18.5. The molecule has 1 atom stereocenters. The molecule has 3 nitrogen and oxygen atoms in total. The minimum absolute atomic E-state index is 0.104. The van der Waals surface area contributed by atoms with Gasteiger partial charge in [-0.1, -0.05) is 73.5 Å². The number of nitrogens with one attached hydrogen (secondary N) is 1. The molecule has 1 saturated carbocycles. The maximum atomic E-state index is 13.1. The molecule has 0 radical (unpaired) electrons. The normalized spacial score (nSPS) is 16.5. The lowest BCUT2D eigenvalue weighted by Gasteiger charge is -2.25. The molecule has 0 bridgehead atoms. The van der Waals surface area contributed by atoms with Crippen molar-refractivity contribution < 1.29 is 4.79 Å². The Morgan fingerprint density at radius 2 is 1.77 bits per heavy atom. The Kier molecular flexibility index (Phi) is 5.56. The summed E-state index contributed by atoms with van der Waals surface area (Å²) in [6.45, 7) is 0. The summed E-state index contributed by atoms with van der Waals surface area (Å²) in [5, 5.41) is 3.02. The Morgan fingerprint density at radius 1 is 1.04 bits per heavy atom. The number of amides is 1. The van der Waals surface area contributed by atoms with Gasteiger partial charge in [-0.3, -0.25) is 4.79 Å². The summed E-state index contributed by atoms with van der Waals surface area (Å²) in [5.74, 6) is 0.104. The van der Waals surface area contributed by atoms with Gasteiger partial charge < -0.3 is 5.32 Å². The third-order valence-corrected chi connectivity index (χ3v) is 7.17. The summed E-state index contributed by atoms with van der Waals surface area (Å²) in [7, 11) is 0. The van der Waals surface area contributed by atoms with Crippen LogP contribution in [0.2, 0.25) is 0 Å². The zero-order valence-corrected chi connectivity index (χ0v) is 16.2. The molecule has 1 fully saturated rings. The SMILES string of the molecule is O=C(NC1CCCCC1)C(Sc1nc2ccccc2s1)c1ccccc1. The van der Waals surface area contributed by atoms with E-state index in [1.54, 1.807) is 23.1 Å². The van der Waals surface area contributed by atoms with Crippen LogP contribution in [-0.4, -0.2) is 16.9 Å². The number of hydrogen-bond donors (Lipinski definition) is 1. The molecular formula is C21H22N2OS2. The lowest BCUT2D eigenvalue weighted by molar-refractivity contribution is -0.121. The molecule has 0 aliphatic heterocycles. The number of carbonyl (C=O) groups is 1. The number of thiazole rings is 1. The second-order valence-electron chi connectivity index (χ2n) is 6.70. The molecule has 26 heavy (non-hydrogen) atoms. The molecular weight excluding hydrogens is 360 g/mol. The van der Waals surface area contributed by atoms with E-state index >= 15 is 0 Å². The number of rotatable bonds is 5. The Labute approximate surface area is 162 Å². The maximum absolute atomic E-state index is 13.1. The van der Waals surface area contributed by atoms with Crippen molar-refractivity contribution in [3.05, 3.63) is 60.2 Å². The molecule has 0 saturated heterocycles. The molecule has 1 aliphatic rings. The Morgan fingerprint density at radius 3 is 2.54 bits per heavy atom. The lowest BCUT2D eigenvalue weighted by atomic mass is 9.95. The Balaban J connectivity index is 1.57. The molecule has 1 amide bonds. The van der Waals surface area contributed by atoms with E-state index in [0.717, 1.165) is 33.0 Å². The summed E-state index contributed by atoms with van der Waals surface area (Å²) >= 11 is 3.22. The number of benzene rings is 2. The van der Waals surface area contributed by atoms with Crippen LogP contribution >= 0.6 is 23.1 Å². The van der Waals surface area contributed by atoms with Gasteiger partial charge in [0.1, 0.15) is 5.25 Å². The Bertz CT molecular complexity index is 839. The van der Waals surface area contributed by atoms with E-state index in [1.807, 2.05) is 48.5 Å². The fourth-order valence-corrected chi connectivity index (χ4v) is 5.70. The second kappa shape index (κ2) is 8.23. The van der Waals surface area contributed by atoms with Crippen LogP contribution in [0.1, 0.15) is 42.9 Å². The molecule has 3 aromatic rings. The molecule has 0 spiro atoms. The van der Waals surface area contributed by atoms with E-state index in [2.05, 4.69) is 11.4 Å². The predicted molar refractivity (Wildman–Crippen MR) is 110 cm³/mol. The van der Waals surface area contributed by atoms with Gasteiger partial charge in [-0.2, -0.15) is 0 Å². The molecule has 2 aromatic carbocycles. The van der Waals surface area contributed by atoms with E-state index in [4.69, 9.17) is 4.98 Å². The van der Waals surface area contributed by atoms with Gasteiger partial charge in [-0.25, -0.2) is 4.98 Å². The fourth-order valence-electron chi connectivity index (χ4n) is 3.43. The first-order chi connectivity index (χ1) is 12.8. The van der Waals surface area contributed by atoms with Crippen LogP contribution in [0.25, 0.3) is 10.2 Å². The quantitative estimate of drug-likeness (QED) is 0.586. The third kappa shape index (κ3) is 4.10. The molecule has 1 aromatic heterocycles. The van der Waals surface area contributed by atoms with Crippen molar-refractivity contribution in [2.24, 2.45) is 0 Å². The first kappa shape index (κ1) is 17.6. The zero-order valence-electron chi connectivity index (χ0n) is 14.6. The predicted octanol–water partition coefficient (Wildman–Crippen LogP) is 5.58. The van der Waals surface area contributed by atoms with Crippen LogP contribution in [0.3, 0.4) is 0 Å². The average Bonchev–Trinajstić information content (AvgIpc) is 3.10. The van der Waals surface area contributed by atoms with Crippen LogP contribution < -0.4 is 5.32 Å². The van der Waals surface area contributed by atoms with E-state index in [0.29, 0.717) is 6.04 Å². The van der Waals surface area contributed by atoms with Crippen LogP contribution in [0.5, 0.6) is 0 Å². The number of carbonyl (C=O) groups excluding carboxylic acids is 1. The molecule has 5 heteroatoms. The van der Waals surface area contributed by atoms with Crippen molar-refractivity contribution in [2.45, 2.75) is 47.7 Å². The van der Waals surface area contributed by atoms with Crippen LogP contribution in [-0.2, 0) is 4.79 Å². The van der Waals surface area contributed by atoms with Crippen molar-refractivity contribution >= 4 is 39.2 Å². The van der Waals surface area contributed by atoms with Crippen molar-refractivity contribution in [1.82, 2.24) is 10.3 Å². The summed E-state index contributed by atoms with van der Waals surface area (Å²) < 4.78 is 2.10. The number of para-hydroxylation sites is 1. The first-order valence-corrected chi connectivity index (χ1v) is 10.9. The van der Waals surface area contributed by atoms with Crippen molar-refractivity contribution in [3.8, 4) is 0 Å². The number of fused-ring (bicyclic) bond motifs is 1. The van der Waals surface area contributed by atoms with Gasteiger partial charge in [0.25, 0.3) is 0 Å². The number of thioether (sulfide) groups is 1. The van der Waals surface area contributed by atoms with Gasteiger partial charge in [0.15, 0.2) is 4.34 Å². The monoisotopic (exact) mass is 382 g/mol. The highest BCUT2D eigenvalue weighted by molar-refractivity contribution is 8.02.